The summed E-state index contributed by atoms with van der Waals surface area (Å²) in [4.78, 5) is 6.53. The Morgan fingerprint density at radius 1 is 1.33 bits per heavy atom. The minimum absolute atomic E-state index is 0.179. The van der Waals surface area contributed by atoms with E-state index in [2.05, 4.69) is 27.6 Å². The van der Waals surface area contributed by atoms with Gasteiger partial charge in [-0.3, -0.25) is 4.99 Å². The molecule has 1 heterocycles. The van der Waals surface area contributed by atoms with E-state index < -0.39 is 0 Å². The zero-order valence-corrected chi connectivity index (χ0v) is 15.0. The smallest absolute Gasteiger partial charge is 0.191 e. The van der Waals surface area contributed by atoms with Crippen molar-refractivity contribution in [1.82, 2.24) is 15.5 Å². The minimum Gasteiger partial charge on any atom is -0.497 e. The molecular formula is C17H28N4O3. The summed E-state index contributed by atoms with van der Waals surface area (Å²) in [7, 11) is 7.17. The standard InChI is InChI=1S/C17H28N4O3/c1-18-17(20-11-15-12-21(2)7-8-24-15)19-10-13-5-6-14(22-3)9-16(13)23-4/h5-6,9,15H,7-8,10-12H2,1-4H3,(H2,18,19,20). The average Bonchev–Trinajstić information content (AvgIpc) is 2.61. The first-order valence-electron chi connectivity index (χ1n) is 8.11. The largest absolute Gasteiger partial charge is 0.497 e. The van der Waals surface area contributed by atoms with Gasteiger partial charge >= 0.3 is 0 Å². The average molecular weight is 336 g/mol. The quantitative estimate of drug-likeness (QED) is 0.589. The van der Waals surface area contributed by atoms with Gasteiger partial charge in [-0.25, -0.2) is 0 Å². The molecule has 0 radical (unpaired) electrons. The van der Waals surface area contributed by atoms with Gasteiger partial charge in [0.05, 0.1) is 26.9 Å². The number of methoxy groups -OCH3 is 2. The van der Waals surface area contributed by atoms with Crippen molar-refractivity contribution in [2.45, 2.75) is 12.6 Å². The fraction of sp³-hybridized carbons (Fsp3) is 0.588. The van der Waals surface area contributed by atoms with E-state index in [-0.39, 0.29) is 6.10 Å². The molecule has 0 bridgehead atoms. The van der Waals surface area contributed by atoms with E-state index in [1.807, 2.05) is 18.2 Å². The molecule has 0 saturated carbocycles. The lowest BCUT2D eigenvalue weighted by molar-refractivity contribution is -0.0161. The highest BCUT2D eigenvalue weighted by Gasteiger charge is 2.17. The van der Waals surface area contributed by atoms with Crippen molar-refractivity contribution in [3.05, 3.63) is 23.8 Å². The van der Waals surface area contributed by atoms with Crippen molar-refractivity contribution in [2.24, 2.45) is 4.99 Å². The lowest BCUT2D eigenvalue weighted by Gasteiger charge is -2.30. The molecule has 0 aliphatic carbocycles. The van der Waals surface area contributed by atoms with Crippen molar-refractivity contribution in [1.29, 1.82) is 0 Å². The Labute approximate surface area is 144 Å². The summed E-state index contributed by atoms with van der Waals surface area (Å²) in [6, 6.07) is 5.78. The van der Waals surface area contributed by atoms with Crippen LogP contribution in [0.15, 0.2) is 23.2 Å². The molecule has 1 aromatic rings. The second-order valence-corrected chi connectivity index (χ2v) is 5.74. The van der Waals surface area contributed by atoms with Gasteiger partial charge in [0.2, 0.25) is 0 Å². The van der Waals surface area contributed by atoms with Crippen LogP contribution in [-0.2, 0) is 11.3 Å². The third-order valence-corrected chi connectivity index (χ3v) is 4.00. The number of ether oxygens (including phenoxy) is 3. The molecule has 1 atom stereocenters. The van der Waals surface area contributed by atoms with Crippen LogP contribution < -0.4 is 20.1 Å². The lowest BCUT2D eigenvalue weighted by Crippen LogP contribution is -2.48. The topological polar surface area (TPSA) is 67.4 Å². The lowest BCUT2D eigenvalue weighted by atomic mass is 10.2. The Morgan fingerprint density at radius 3 is 2.83 bits per heavy atom. The van der Waals surface area contributed by atoms with Crippen LogP contribution in [0.25, 0.3) is 0 Å². The van der Waals surface area contributed by atoms with Crippen molar-refractivity contribution >= 4 is 5.96 Å². The Hall–Kier alpha value is -1.99. The molecular weight excluding hydrogens is 308 g/mol. The van der Waals surface area contributed by atoms with Crippen LogP contribution in [0.4, 0.5) is 0 Å². The third kappa shape index (κ3) is 5.28. The summed E-state index contributed by atoms with van der Waals surface area (Å²) in [6.45, 7) is 4.02. The third-order valence-electron chi connectivity index (χ3n) is 4.00. The number of morpholine rings is 1. The van der Waals surface area contributed by atoms with Crippen molar-refractivity contribution in [3.63, 3.8) is 0 Å². The summed E-state index contributed by atoms with van der Waals surface area (Å²) < 4.78 is 16.4. The molecule has 1 unspecified atom stereocenters. The van der Waals surface area contributed by atoms with E-state index >= 15 is 0 Å². The Balaban J connectivity index is 1.85. The van der Waals surface area contributed by atoms with Gasteiger partial charge in [-0.05, 0) is 19.2 Å². The molecule has 1 fully saturated rings. The SMILES string of the molecule is CN=C(NCc1ccc(OC)cc1OC)NCC1CN(C)CCO1. The number of rotatable bonds is 6. The fourth-order valence-electron chi connectivity index (χ4n) is 2.60. The van der Waals surface area contributed by atoms with Gasteiger partial charge in [0.15, 0.2) is 5.96 Å². The van der Waals surface area contributed by atoms with E-state index in [1.54, 1.807) is 21.3 Å². The van der Waals surface area contributed by atoms with Gasteiger partial charge in [0.25, 0.3) is 0 Å². The van der Waals surface area contributed by atoms with E-state index in [0.717, 1.165) is 49.3 Å². The maximum Gasteiger partial charge on any atom is 0.191 e. The van der Waals surface area contributed by atoms with E-state index in [4.69, 9.17) is 14.2 Å². The van der Waals surface area contributed by atoms with E-state index in [9.17, 15) is 0 Å². The second-order valence-electron chi connectivity index (χ2n) is 5.74. The van der Waals surface area contributed by atoms with Crippen LogP contribution >= 0.6 is 0 Å². The molecule has 1 aromatic carbocycles. The highest BCUT2D eigenvalue weighted by Crippen LogP contribution is 2.24. The van der Waals surface area contributed by atoms with E-state index in [1.165, 1.54) is 0 Å². The fourth-order valence-corrected chi connectivity index (χ4v) is 2.60. The molecule has 1 aliphatic rings. The first-order valence-corrected chi connectivity index (χ1v) is 8.11. The van der Waals surface area contributed by atoms with Crippen molar-refractivity contribution in [2.75, 3.05) is 54.6 Å². The highest BCUT2D eigenvalue weighted by atomic mass is 16.5. The Morgan fingerprint density at radius 2 is 2.17 bits per heavy atom. The second kappa shape index (κ2) is 9.34. The molecule has 7 heteroatoms. The number of aliphatic imine (C=N–C) groups is 1. The maximum absolute atomic E-state index is 5.75. The number of guanidine groups is 1. The summed E-state index contributed by atoms with van der Waals surface area (Å²) in [5.74, 6) is 2.30. The number of nitrogens with one attached hydrogen (secondary N) is 2. The molecule has 134 valence electrons. The van der Waals surface area contributed by atoms with Gasteiger partial charge in [-0.1, -0.05) is 0 Å². The normalized spacial score (nSPS) is 19.0. The van der Waals surface area contributed by atoms with Crippen molar-refractivity contribution < 1.29 is 14.2 Å². The van der Waals surface area contributed by atoms with Gasteiger partial charge in [0.1, 0.15) is 11.5 Å². The molecule has 0 aromatic heterocycles. The minimum atomic E-state index is 0.179. The predicted octanol–water partition coefficient (Wildman–Crippen LogP) is 0.699. The van der Waals surface area contributed by atoms with Gasteiger partial charge in [-0.2, -0.15) is 0 Å². The summed E-state index contributed by atoms with van der Waals surface area (Å²) in [6.07, 6.45) is 0.179. The molecule has 1 aliphatic heterocycles. The molecule has 24 heavy (non-hydrogen) atoms. The first-order chi connectivity index (χ1) is 11.7. The van der Waals surface area contributed by atoms with Crippen LogP contribution in [0.5, 0.6) is 11.5 Å². The zero-order chi connectivity index (χ0) is 17.4. The molecule has 1 saturated heterocycles. The zero-order valence-electron chi connectivity index (χ0n) is 15.0. The van der Waals surface area contributed by atoms with Gasteiger partial charge in [-0.15, -0.1) is 0 Å². The Bertz CT molecular complexity index is 551. The molecule has 7 nitrogen and oxygen atoms in total. The van der Waals surface area contributed by atoms with Gasteiger partial charge in [0, 0.05) is 44.9 Å². The van der Waals surface area contributed by atoms with Crippen LogP contribution in [0.1, 0.15) is 5.56 Å². The van der Waals surface area contributed by atoms with Gasteiger partial charge < -0.3 is 29.7 Å². The predicted molar refractivity (Wildman–Crippen MR) is 95.0 cm³/mol. The monoisotopic (exact) mass is 336 g/mol. The molecule has 2 N–H and O–H groups in total. The molecule has 2 rings (SSSR count). The summed E-state index contributed by atoms with van der Waals surface area (Å²) >= 11 is 0. The van der Waals surface area contributed by atoms with E-state index in [0.29, 0.717) is 6.54 Å². The number of likely N-dealkylation sites (N-methyl/N-ethyl adjacent to an activating group) is 1. The number of benzene rings is 1. The van der Waals surface area contributed by atoms with Crippen LogP contribution in [0, 0.1) is 0 Å². The van der Waals surface area contributed by atoms with Crippen LogP contribution in [0.3, 0.4) is 0 Å². The Kier molecular flexibility index (Phi) is 7.14. The number of hydrogen-bond acceptors (Lipinski definition) is 5. The van der Waals surface area contributed by atoms with Crippen LogP contribution in [-0.4, -0.2) is 71.5 Å². The van der Waals surface area contributed by atoms with Crippen molar-refractivity contribution in [3.8, 4) is 11.5 Å². The highest BCUT2D eigenvalue weighted by molar-refractivity contribution is 5.79. The van der Waals surface area contributed by atoms with Crippen LogP contribution in [0.2, 0.25) is 0 Å². The molecule has 0 spiro atoms. The summed E-state index contributed by atoms with van der Waals surface area (Å²) in [5, 5.41) is 6.61. The number of nitrogens with zero attached hydrogens (tertiary/aromatic N) is 2. The number of hydrogen-bond donors (Lipinski definition) is 2. The molecule has 0 amide bonds. The maximum atomic E-state index is 5.75. The summed E-state index contributed by atoms with van der Waals surface area (Å²) in [5.41, 5.74) is 1.04. The first kappa shape index (κ1) is 18.4.